The van der Waals surface area contributed by atoms with Gasteiger partial charge in [-0.1, -0.05) is 32.1 Å². The Balaban J connectivity index is 1.56. The van der Waals surface area contributed by atoms with Crippen molar-refractivity contribution >= 4 is 23.7 Å². The number of allylic oxidation sites excluding steroid dienone is 3. The van der Waals surface area contributed by atoms with E-state index in [9.17, 15) is 29.4 Å². The first-order valence-corrected chi connectivity index (χ1v) is 13.3. The fourth-order valence-corrected chi connectivity index (χ4v) is 9.67. The molecule has 11 atom stereocenters. The minimum Gasteiger partial charge on any atom is -0.458 e. The number of ether oxygens (including phenoxy) is 3. The van der Waals surface area contributed by atoms with Gasteiger partial charge in [-0.15, -0.1) is 0 Å². The van der Waals surface area contributed by atoms with Gasteiger partial charge in [0.1, 0.15) is 11.9 Å². The number of esters is 3. The molecular weight excluding hydrogens is 480 g/mol. The molecule has 2 N–H and O–H groups in total. The molecule has 0 aromatic carbocycles. The van der Waals surface area contributed by atoms with E-state index in [0.717, 1.165) is 5.57 Å². The minimum atomic E-state index is -2.29. The van der Waals surface area contributed by atoms with E-state index < -0.39 is 80.9 Å². The highest BCUT2D eigenvalue weighted by Crippen LogP contribution is 2.74. The molecule has 5 fully saturated rings. The molecular formula is C28H32O9. The summed E-state index contributed by atoms with van der Waals surface area (Å²) in [6.45, 7) is 6.85. The summed E-state index contributed by atoms with van der Waals surface area (Å²) in [6, 6.07) is 0. The maximum Gasteiger partial charge on any atom is 0.343 e. The predicted octanol–water partition coefficient (Wildman–Crippen LogP) is 1.54. The summed E-state index contributed by atoms with van der Waals surface area (Å²) in [5, 5.41) is 25.0. The Bertz CT molecular complexity index is 1270. The van der Waals surface area contributed by atoms with Crippen molar-refractivity contribution in [2.24, 2.45) is 34.5 Å². The van der Waals surface area contributed by atoms with Crippen molar-refractivity contribution < 1.29 is 43.6 Å². The summed E-state index contributed by atoms with van der Waals surface area (Å²) in [6.07, 6.45) is 5.87. The van der Waals surface area contributed by atoms with Gasteiger partial charge in [-0.05, 0) is 56.4 Å². The highest BCUT2D eigenvalue weighted by atomic mass is 16.7. The van der Waals surface area contributed by atoms with Crippen molar-refractivity contribution in [3.05, 3.63) is 23.8 Å². The second-order valence-electron chi connectivity index (χ2n) is 13.0. The lowest BCUT2D eigenvalue weighted by Crippen LogP contribution is -2.80. The van der Waals surface area contributed by atoms with Crippen molar-refractivity contribution in [3.8, 4) is 0 Å². The number of carbonyl (C=O) groups excluding carboxylic acids is 4. The second-order valence-corrected chi connectivity index (χ2v) is 13.0. The number of ketones is 1. The molecule has 9 heteroatoms. The third-order valence-electron chi connectivity index (χ3n) is 11.8. The topological polar surface area (TPSA) is 136 Å². The van der Waals surface area contributed by atoms with Crippen LogP contribution < -0.4 is 0 Å². The quantitative estimate of drug-likeness (QED) is 0.366. The summed E-state index contributed by atoms with van der Waals surface area (Å²) in [5.41, 5.74) is -9.44. The average Bonchev–Trinajstić information content (AvgIpc) is 3.19. The number of Topliss-reactive ketones (excluding diaryl/α,β-unsaturated/α-hetero) is 1. The van der Waals surface area contributed by atoms with Crippen molar-refractivity contribution in [2.45, 2.75) is 88.3 Å². The molecule has 3 saturated heterocycles. The molecule has 4 aliphatic carbocycles. The van der Waals surface area contributed by atoms with Crippen LogP contribution in [0.3, 0.4) is 0 Å². The van der Waals surface area contributed by atoms with E-state index in [-0.39, 0.29) is 25.0 Å². The zero-order valence-corrected chi connectivity index (χ0v) is 21.4. The van der Waals surface area contributed by atoms with Crippen LogP contribution in [0.1, 0.15) is 59.8 Å². The average molecular weight is 513 g/mol. The third-order valence-corrected chi connectivity index (χ3v) is 11.8. The first-order valence-electron chi connectivity index (χ1n) is 13.3. The van der Waals surface area contributed by atoms with Gasteiger partial charge in [0.15, 0.2) is 11.2 Å². The van der Waals surface area contributed by atoms with Crippen LogP contribution in [0, 0.1) is 34.5 Å². The van der Waals surface area contributed by atoms with E-state index >= 15 is 0 Å². The summed E-state index contributed by atoms with van der Waals surface area (Å²) in [5.74, 6) is -5.80. The molecule has 0 aromatic heterocycles. The van der Waals surface area contributed by atoms with Crippen LogP contribution in [0.5, 0.6) is 0 Å². The van der Waals surface area contributed by atoms with Gasteiger partial charge in [0, 0.05) is 12.3 Å². The zero-order valence-electron chi connectivity index (χ0n) is 21.4. The standard InChI is InChI=1S/C28H32O9/c1-13-19(30)35-18-12-23(13,2)20-27(34)16-9-8-14-6-5-7-17(29)24(14,3)15(16)10-11-26(33)21(31)36-25(18,4)28(20,26)37-22(27)32/h6,8-9,13,15-16,18,20,33-34H,5,7,10-12H2,1-4H3/t13-,15+,16-,18-,20-,23-,24+,25+,26-,27+,28+/m1/s1. The van der Waals surface area contributed by atoms with Crippen LogP contribution in [-0.2, 0) is 33.4 Å². The smallest absolute Gasteiger partial charge is 0.343 e. The highest BCUT2D eigenvalue weighted by molar-refractivity contribution is 5.94. The molecule has 3 heterocycles. The Labute approximate surface area is 214 Å². The molecule has 2 saturated carbocycles. The van der Waals surface area contributed by atoms with Gasteiger partial charge in [0.2, 0.25) is 11.2 Å². The Hall–Kier alpha value is -2.52. The fraction of sp³-hybridized carbons (Fsp3) is 0.714. The highest BCUT2D eigenvalue weighted by Gasteiger charge is 2.93. The molecule has 7 rings (SSSR count). The van der Waals surface area contributed by atoms with Crippen molar-refractivity contribution in [1.82, 2.24) is 0 Å². The molecule has 0 aromatic rings. The molecule has 4 bridgehead atoms. The fourth-order valence-electron chi connectivity index (χ4n) is 9.67. The number of hydrogen-bond donors (Lipinski definition) is 2. The van der Waals surface area contributed by atoms with Crippen molar-refractivity contribution in [2.75, 3.05) is 0 Å². The Kier molecular flexibility index (Phi) is 4.06. The molecule has 198 valence electrons. The van der Waals surface area contributed by atoms with Crippen molar-refractivity contribution in [1.29, 1.82) is 0 Å². The largest absolute Gasteiger partial charge is 0.458 e. The Morgan fingerprint density at radius 1 is 1.03 bits per heavy atom. The van der Waals surface area contributed by atoms with E-state index in [1.807, 2.05) is 19.1 Å². The van der Waals surface area contributed by atoms with E-state index in [0.29, 0.717) is 12.8 Å². The van der Waals surface area contributed by atoms with Gasteiger partial charge in [-0.25, -0.2) is 9.59 Å². The zero-order chi connectivity index (χ0) is 26.6. The molecule has 0 radical (unpaired) electrons. The Morgan fingerprint density at radius 2 is 1.76 bits per heavy atom. The van der Waals surface area contributed by atoms with Gasteiger partial charge in [0.05, 0.1) is 17.3 Å². The van der Waals surface area contributed by atoms with E-state index in [4.69, 9.17) is 14.2 Å². The first-order chi connectivity index (χ1) is 17.2. The summed E-state index contributed by atoms with van der Waals surface area (Å²) in [4.78, 5) is 54.2. The number of aliphatic hydroxyl groups is 2. The molecule has 3 aliphatic heterocycles. The van der Waals surface area contributed by atoms with Crippen LogP contribution in [-0.4, -0.2) is 62.4 Å². The maximum atomic E-state index is 14.1. The lowest BCUT2D eigenvalue weighted by atomic mass is 9.40. The molecule has 0 unspecified atom stereocenters. The van der Waals surface area contributed by atoms with Gasteiger partial charge in [-0.2, -0.15) is 0 Å². The summed E-state index contributed by atoms with van der Waals surface area (Å²) in [7, 11) is 0. The predicted molar refractivity (Wildman–Crippen MR) is 124 cm³/mol. The van der Waals surface area contributed by atoms with E-state index in [2.05, 4.69) is 0 Å². The van der Waals surface area contributed by atoms with Crippen LogP contribution in [0.15, 0.2) is 23.8 Å². The van der Waals surface area contributed by atoms with Gasteiger partial charge in [-0.3, -0.25) is 9.59 Å². The number of rotatable bonds is 0. The molecule has 1 spiro atoms. The Morgan fingerprint density at radius 3 is 2.49 bits per heavy atom. The second kappa shape index (κ2) is 6.37. The first kappa shape index (κ1) is 23.6. The van der Waals surface area contributed by atoms with Crippen LogP contribution >= 0.6 is 0 Å². The lowest BCUT2D eigenvalue weighted by Gasteiger charge is -2.64. The van der Waals surface area contributed by atoms with E-state index in [1.54, 1.807) is 19.9 Å². The molecule has 9 nitrogen and oxygen atoms in total. The minimum absolute atomic E-state index is 0.00140. The van der Waals surface area contributed by atoms with Crippen LogP contribution in [0.2, 0.25) is 0 Å². The van der Waals surface area contributed by atoms with Gasteiger partial charge in [0.25, 0.3) is 0 Å². The molecule has 7 aliphatic rings. The summed E-state index contributed by atoms with van der Waals surface area (Å²) >= 11 is 0. The SMILES string of the molecule is C[C@@H]1C(=O)O[C@@H]2C[C@@]1(C)[C@@H]1[C@]3(O)C(=O)O[C@@]14[C@@](O)(CC[C@H]1[C@H]3C=CC3=CCCC(=O)[C@@]31C)C(=O)O[C@@]24C. The van der Waals surface area contributed by atoms with Crippen molar-refractivity contribution in [3.63, 3.8) is 0 Å². The molecule has 37 heavy (non-hydrogen) atoms. The van der Waals surface area contributed by atoms with E-state index in [1.165, 1.54) is 6.92 Å². The number of hydrogen-bond acceptors (Lipinski definition) is 9. The normalized spacial score (nSPS) is 57.1. The summed E-state index contributed by atoms with van der Waals surface area (Å²) < 4.78 is 17.7. The third kappa shape index (κ3) is 2.11. The van der Waals surface area contributed by atoms with Gasteiger partial charge < -0.3 is 24.4 Å². The van der Waals surface area contributed by atoms with Crippen LogP contribution in [0.4, 0.5) is 0 Å². The monoisotopic (exact) mass is 512 g/mol. The lowest BCUT2D eigenvalue weighted by molar-refractivity contribution is -0.303. The number of fused-ring (bicyclic) bond motifs is 7. The number of carbonyl (C=O) groups is 4. The maximum absolute atomic E-state index is 14.1. The van der Waals surface area contributed by atoms with Crippen LogP contribution in [0.25, 0.3) is 0 Å². The molecule has 0 amide bonds. The van der Waals surface area contributed by atoms with Gasteiger partial charge >= 0.3 is 17.9 Å².